The Morgan fingerprint density at radius 1 is 1.21 bits per heavy atom. The Labute approximate surface area is 221 Å². The second-order valence-electron chi connectivity index (χ2n) is 8.31. The van der Waals surface area contributed by atoms with Crippen LogP contribution in [0.3, 0.4) is 0 Å². The Kier molecular flexibility index (Phi) is 8.28. The lowest BCUT2D eigenvalue weighted by atomic mass is 10.0. The number of amides is 1. The number of aromatic nitrogens is 3. The van der Waals surface area contributed by atoms with Crippen molar-refractivity contribution in [1.82, 2.24) is 19.9 Å². The number of allylic oxidation sites excluding steroid dienone is 1. The largest absolute Gasteiger partial charge is 0.352 e. The van der Waals surface area contributed by atoms with Crippen LogP contribution in [0.5, 0.6) is 0 Å². The minimum absolute atomic E-state index is 0.00144. The third-order valence-electron chi connectivity index (χ3n) is 6.05. The summed E-state index contributed by atoms with van der Waals surface area (Å²) in [5.74, 6) is -0.665. The quantitative estimate of drug-likeness (QED) is 0.381. The minimum Gasteiger partial charge on any atom is -0.352 e. The number of fused-ring (bicyclic) bond motifs is 2. The molecule has 0 spiro atoms. The molecule has 2 aromatic carbocycles. The van der Waals surface area contributed by atoms with Crippen LogP contribution in [-0.2, 0) is 4.79 Å². The predicted octanol–water partition coefficient (Wildman–Crippen LogP) is 4.63. The van der Waals surface area contributed by atoms with E-state index >= 15 is 4.39 Å². The van der Waals surface area contributed by atoms with E-state index in [2.05, 4.69) is 15.0 Å². The molecule has 5 rings (SSSR count). The molecule has 11 heteroatoms. The van der Waals surface area contributed by atoms with Gasteiger partial charge in [0.15, 0.2) is 5.82 Å². The molecule has 1 aliphatic heterocycles. The number of carbonyl (C=O) groups excluding carboxylic acids is 1. The van der Waals surface area contributed by atoms with Gasteiger partial charge in [0, 0.05) is 61.3 Å². The summed E-state index contributed by atoms with van der Waals surface area (Å²) >= 11 is 6.42. The first kappa shape index (κ1) is 26.7. The average molecular weight is 537 g/mol. The van der Waals surface area contributed by atoms with Crippen molar-refractivity contribution in [3.63, 3.8) is 0 Å². The second kappa shape index (κ2) is 11.8. The highest BCUT2D eigenvalue weighted by Crippen LogP contribution is 2.36. The zero-order chi connectivity index (χ0) is 27.2. The fraction of sp³-hybridized carbons (Fsp3) is 0.222. The molecule has 0 unspecified atom stereocenters. The lowest BCUT2D eigenvalue weighted by Crippen LogP contribution is -2.49. The van der Waals surface area contributed by atoms with E-state index in [1.54, 1.807) is 29.2 Å². The van der Waals surface area contributed by atoms with E-state index < -0.39 is 18.2 Å². The molecular formula is C27H23ClF2N6O2. The maximum Gasteiger partial charge on any atom is 0.347 e. The van der Waals surface area contributed by atoms with Crippen LogP contribution in [0.4, 0.5) is 14.6 Å². The number of anilines is 1. The SMILES string of the molecule is CC#N.O=C(/C=C/CF)N1CCN(c2nc(=O)[nH]c3c(F)c(-c4cccc5cccc(Cl)c45)ncc23)CC1. The molecule has 8 nitrogen and oxygen atoms in total. The van der Waals surface area contributed by atoms with Gasteiger partial charge in [-0.25, -0.2) is 13.6 Å². The van der Waals surface area contributed by atoms with Gasteiger partial charge in [-0.15, -0.1) is 0 Å². The first-order valence-electron chi connectivity index (χ1n) is 11.7. The standard InChI is InChI=1S/C25H20ClF2N5O2.C2H3N/c26-18-7-2-5-15-4-1-6-16(20(15)18)22-21(28)23-17(14-29-22)24(31-25(35)30-23)33-12-10-32(11-13-33)19(34)8-3-9-27;1-2-3/h1-8,14H,9-13H2,(H,30,31,35);1H3/b8-3+;. The molecule has 194 valence electrons. The van der Waals surface area contributed by atoms with Gasteiger partial charge in [-0.05, 0) is 17.5 Å². The van der Waals surface area contributed by atoms with Gasteiger partial charge in [-0.2, -0.15) is 10.2 Å². The van der Waals surface area contributed by atoms with Crippen molar-refractivity contribution in [2.45, 2.75) is 6.92 Å². The van der Waals surface area contributed by atoms with Crippen LogP contribution in [0, 0.1) is 17.1 Å². The van der Waals surface area contributed by atoms with Gasteiger partial charge in [-0.3, -0.25) is 9.78 Å². The zero-order valence-electron chi connectivity index (χ0n) is 20.4. The number of carbonyl (C=O) groups is 1. The normalized spacial score (nSPS) is 13.4. The summed E-state index contributed by atoms with van der Waals surface area (Å²) in [5.41, 5.74) is -0.110. The van der Waals surface area contributed by atoms with Gasteiger partial charge in [0.05, 0.1) is 17.0 Å². The third-order valence-corrected chi connectivity index (χ3v) is 6.36. The first-order valence-corrected chi connectivity index (χ1v) is 12.1. The number of alkyl halides is 1. The number of hydrogen-bond donors (Lipinski definition) is 1. The molecule has 1 aliphatic rings. The summed E-state index contributed by atoms with van der Waals surface area (Å²) < 4.78 is 28.1. The number of piperazine rings is 1. The summed E-state index contributed by atoms with van der Waals surface area (Å²) in [6.07, 6.45) is 3.86. The molecular weight excluding hydrogens is 514 g/mol. The summed E-state index contributed by atoms with van der Waals surface area (Å²) in [7, 11) is 0. The number of hydrogen-bond acceptors (Lipinski definition) is 6. The molecule has 1 amide bonds. The van der Waals surface area contributed by atoms with Crippen molar-refractivity contribution in [3.8, 4) is 17.3 Å². The summed E-state index contributed by atoms with van der Waals surface area (Å²) in [6, 6.07) is 12.6. The molecule has 0 atom stereocenters. The van der Waals surface area contributed by atoms with Gasteiger partial charge >= 0.3 is 5.69 Å². The molecule has 0 bridgehead atoms. The number of halogens is 3. The number of nitrogens with one attached hydrogen (secondary N) is 1. The van der Waals surface area contributed by atoms with Gasteiger partial charge in [0.2, 0.25) is 5.91 Å². The van der Waals surface area contributed by atoms with Gasteiger partial charge in [0.25, 0.3) is 0 Å². The van der Waals surface area contributed by atoms with Crippen molar-refractivity contribution in [2.75, 3.05) is 37.8 Å². The van der Waals surface area contributed by atoms with Crippen molar-refractivity contribution in [1.29, 1.82) is 5.26 Å². The van der Waals surface area contributed by atoms with Crippen LogP contribution < -0.4 is 10.6 Å². The Hall–Kier alpha value is -4.36. The molecule has 1 saturated heterocycles. The first-order chi connectivity index (χ1) is 18.4. The van der Waals surface area contributed by atoms with E-state index in [0.29, 0.717) is 53.4 Å². The Morgan fingerprint density at radius 2 is 1.89 bits per heavy atom. The summed E-state index contributed by atoms with van der Waals surface area (Å²) in [6.45, 7) is 2.19. The average Bonchev–Trinajstić information content (AvgIpc) is 2.92. The van der Waals surface area contributed by atoms with Gasteiger partial charge < -0.3 is 14.8 Å². The van der Waals surface area contributed by atoms with E-state index in [-0.39, 0.29) is 17.1 Å². The van der Waals surface area contributed by atoms with E-state index in [1.165, 1.54) is 19.2 Å². The zero-order valence-corrected chi connectivity index (χ0v) is 21.2. The lowest BCUT2D eigenvalue weighted by Gasteiger charge is -2.35. The Morgan fingerprint density at radius 3 is 2.58 bits per heavy atom. The minimum atomic E-state index is -0.708. The number of pyridine rings is 1. The van der Waals surface area contributed by atoms with Crippen molar-refractivity contribution >= 4 is 45.0 Å². The highest BCUT2D eigenvalue weighted by Gasteiger charge is 2.24. The number of rotatable bonds is 4. The van der Waals surface area contributed by atoms with Crippen LogP contribution in [0.2, 0.25) is 5.02 Å². The monoisotopic (exact) mass is 536 g/mol. The van der Waals surface area contributed by atoms with E-state index in [4.69, 9.17) is 16.9 Å². The molecule has 1 N–H and O–H groups in total. The number of aromatic amines is 1. The molecule has 3 heterocycles. The number of nitrogens with zero attached hydrogens (tertiary/aromatic N) is 5. The van der Waals surface area contributed by atoms with Crippen LogP contribution >= 0.6 is 11.6 Å². The van der Waals surface area contributed by atoms with Crippen LogP contribution in [-0.4, -0.2) is 58.6 Å². The fourth-order valence-electron chi connectivity index (χ4n) is 4.38. The summed E-state index contributed by atoms with van der Waals surface area (Å²) in [4.78, 5) is 38.9. The molecule has 38 heavy (non-hydrogen) atoms. The molecule has 1 fully saturated rings. The highest BCUT2D eigenvalue weighted by molar-refractivity contribution is 6.36. The van der Waals surface area contributed by atoms with Gasteiger partial charge in [0.1, 0.15) is 18.2 Å². The molecule has 2 aromatic heterocycles. The summed E-state index contributed by atoms with van der Waals surface area (Å²) in [5, 5.41) is 9.65. The predicted molar refractivity (Wildman–Crippen MR) is 143 cm³/mol. The van der Waals surface area contributed by atoms with Crippen LogP contribution in [0.1, 0.15) is 6.92 Å². The van der Waals surface area contributed by atoms with E-state index in [9.17, 15) is 14.0 Å². The maximum absolute atomic E-state index is 15.8. The van der Waals surface area contributed by atoms with Crippen LogP contribution in [0.15, 0.2) is 59.5 Å². The number of benzene rings is 2. The third kappa shape index (κ3) is 5.33. The van der Waals surface area contributed by atoms with Gasteiger partial charge in [-0.1, -0.05) is 41.9 Å². The fourth-order valence-corrected chi connectivity index (χ4v) is 4.66. The topological polar surface area (TPSA) is 106 Å². The second-order valence-corrected chi connectivity index (χ2v) is 8.72. The molecule has 0 aliphatic carbocycles. The molecule has 0 saturated carbocycles. The van der Waals surface area contributed by atoms with Crippen LogP contribution in [0.25, 0.3) is 32.9 Å². The van der Waals surface area contributed by atoms with Crippen molar-refractivity contribution in [2.24, 2.45) is 0 Å². The highest BCUT2D eigenvalue weighted by atomic mass is 35.5. The Balaban J connectivity index is 0.00000107. The van der Waals surface area contributed by atoms with E-state index in [0.717, 1.165) is 11.5 Å². The van der Waals surface area contributed by atoms with E-state index in [1.807, 2.05) is 23.1 Å². The number of nitriles is 1. The van der Waals surface area contributed by atoms with Crippen molar-refractivity contribution in [3.05, 3.63) is 76.1 Å². The maximum atomic E-state index is 15.8. The number of H-pyrrole nitrogens is 1. The van der Waals surface area contributed by atoms with Crippen molar-refractivity contribution < 1.29 is 13.6 Å². The lowest BCUT2D eigenvalue weighted by molar-refractivity contribution is -0.126. The smallest absolute Gasteiger partial charge is 0.347 e. The molecule has 4 aromatic rings. The Bertz CT molecular complexity index is 1620. The molecule has 0 radical (unpaired) electrons.